The maximum atomic E-state index is 12.7. The van der Waals surface area contributed by atoms with Crippen LogP contribution in [0.25, 0.3) is 0 Å². The van der Waals surface area contributed by atoms with Crippen LogP contribution in [0.2, 0.25) is 5.02 Å². The second-order valence-corrected chi connectivity index (χ2v) is 7.34. The van der Waals surface area contributed by atoms with E-state index in [0.29, 0.717) is 18.2 Å². The van der Waals surface area contributed by atoms with E-state index < -0.39 is 0 Å². The Hall–Kier alpha value is -1.36. The predicted molar refractivity (Wildman–Crippen MR) is 99.2 cm³/mol. The van der Waals surface area contributed by atoms with E-state index in [0.717, 1.165) is 28.4 Å². The summed E-state index contributed by atoms with van der Waals surface area (Å²) in [5.74, 6) is -0.0232. The molecule has 0 radical (unpaired) electrons. The lowest BCUT2D eigenvalue weighted by molar-refractivity contribution is -0.123. The van der Waals surface area contributed by atoms with Crippen LogP contribution >= 0.6 is 27.5 Å². The fourth-order valence-electron chi connectivity index (χ4n) is 3.12. The summed E-state index contributed by atoms with van der Waals surface area (Å²) in [5.41, 5.74) is 1.56. The normalized spacial score (nSPS) is 16.6. The van der Waals surface area contributed by atoms with Crippen molar-refractivity contribution in [3.05, 3.63) is 69.2 Å². The average molecular weight is 409 g/mol. The zero-order chi connectivity index (χ0) is 17.0. The lowest BCUT2D eigenvalue weighted by atomic mass is 9.82. The van der Waals surface area contributed by atoms with Crippen LogP contribution in [-0.4, -0.2) is 19.1 Å². The van der Waals surface area contributed by atoms with E-state index in [2.05, 4.69) is 33.4 Å². The molecule has 5 heteroatoms. The number of rotatable bonds is 4. The number of amides is 1. The molecule has 2 aromatic carbocycles. The van der Waals surface area contributed by atoms with Crippen molar-refractivity contribution in [3.8, 4) is 0 Å². The van der Waals surface area contributed by atoms with Crippen molar-refractivity contribution in [2.45, 2.75) is 24.8 Å². The summed E-state index contributed by atoms with van der Waals surface area (Å²) in [4.78, 5) is 12.7. The van der Waals surface area contributed by atoms with Gasteiger partial charge in [-0.05, 0) is 42.2 Å². The van der Waals surface area contributed by atoms with Gasteiger partial charge in [0.1, 0.15) is 0 Å². The Labute approximate surface area is 155 Å². The SMILES string of the molecule is O=C(Cc1ccccc1Cl)NC1(c2cccc(Br)c2)CCOCC1. The fraction of sp³-hybridized carbons (Fsp3) is 0.316. The molecule has 1 fully saturated rings. The van der Waals surface area contributed by atoms with Crippen molar-refractivity contribution in [3.63, 3.8) is 0 Å². The molecule has 126 valence electrons. The molecule has 1 saturated heterocycles. The first-order chi connectivity index (χ1) is 11.6. The molecule has 1 heterocycles. The molecule has 24 heavy (non-hydrogen) atoms. The largest absolute Gasteiger partial charge is 0.381 e. The Morgan fingerprint density at radius 2 is 1.92 bits per heavy atom. The number of hydrogen-bond donors (Lipinski definition) is 1. The minimum absolute atomic E-state index is 0.0232. The van der Waals surface area contributed by atoms with Crippen LogP contribution in [0.1, 0.15) is 24.0 Å². The summed E-state index contributed by atoms with van der Waals surface area (Å²) in [6.07, 6.45) is 1.80. The molecule has 0 bridgehead atoms. The van der Waals surface area contributed by atoms with Gasteiger partial charge in [0.25, 0.3) is 0 Å². The zero-order valence-corrected chi connectivity index (χ0v) is 15.6. The minimum atomic E-state index is -0.389. The number of nitrogens with one attached hydrogen (secondary N) is 1. The Kier molecular flexibility index (Phi) is 5.59. The fourth-order valence-corrected chi connectivity index (χ4v) is 3.72. The molecule has 3 nitrogen and oxygen atoms in total. The van der Waals surface area contributed by atoms with Gasteiger partial charge in [0.15, 0.2) is 0 Å². The van der Waals surface area contributed by atoms with Gasteiger partial charge < -0.3 is 10.1 Å². The van der Waals surface area contributed by atoms with E-state index in [4.69, 9.17) is 16.3 Å². The van der Waals surface area contributed by atoms with Crippen molar-refractivity contribution in [2.24, 2.45) is 0 Å². The molecular formula is C19H19BrClNO2. The van der Waals surface area contributed by atoms with Gasteiger partial charge in [0.05, 0.1) is 12.0 Å². The van der Waals surface area contributed by atoms with E-state index in [1.54, 1.807) is 0 Å². The van der Waals surface area contributed by atoms with Gasteiger partial charge >= 0.3 is 0 Å². The van der Waals surface area contributed by atoms with E-state index in [1.165, 1.54) is 0 Å². The Balaban J connectivity index is 1.82. The third-order valence-corrected chi connectivity index (χ3v) is 5.27. The summed E-state index contributed by atoms with van der Waals surface area (Å²) in [6, 6.07) is 15.6. The Morgan fingerprint density at radius 1 is 1.17 bits per heavy atom. The van der Waals surface area contributed by atoms with Crippen molar-refractivity contribution >= 4 is 33.4 Å². The lowest BCUT2D eigenvalue weighted by Gasteiger charge is -2.38. The maximum absolute atomic E-state index is 12.7. The molecule has 0 unspecified atom stereocenters. The first kappa shape index (κ1) is 17.5. The van der Waals surface area contributed by atoms with Crippen LogP contribution in [0.5, 0.6) is 0 Å². The van der Waals surface area contributed by atoms with E-state index in [1.807, 2.05) is 36.4 Å². The van der Waals surface area contributed by atoms with Gasteiger partial charge in [-0.3, -0.25) is 4.79 Å². The number of halogens is 2. The molecule has 0 spiro atoms. The second kappa shape index (κ2) is 7.68. The van der Waals surface area contributed by atoms with Crippen molar-refractivity contribution in [2.75, 3.05) is 13.2 Å². The standard InChI is InChI=1S/C19H19BrClNO2/c20-16-6-3-5-15(13-16)19(8-10-24-11-9-19)22-18(23)12-14-4-1-2-7-17(14)21/h1-7,13H,8-12H2,(H,22,23). The van der Waals surface area contributed by atoms with E-state index >= 15 is 0 Å². The highest BCUT2D eigenvalue weighted by Gasteiger charge is 2.36. The van der Waals surface area contributed by atoms with Crippen LogP contribution in [-0.2, 0) is 21.5 Å². The van der Waals surface area contributed by atoms with Gasteiger partial charge in [0, 0.05) is 22.7 Å². The average Bonchev–Trinajstić information content (AvgIpc) is 2.58. The van der Waals surface area contributed by atoms with Crippen LogP contribution in [0.15, 0.2) is 53.0 Å². The third-order valence-electron chi connectivity index (χ3n) is 4.41. The van der Waals surface area contributed by atoms with Gasteiger partial charge in [0.2, 0.25) is 5.91 Å². The number of benzene rings is 2. The summed E-state index contributed by atoms with van der Waals surface area (Å²) in [7, 11) is 0. The lowest BCUT2D eigenvalue weighted by Crippen LogP contribution is -2.50. The molecule has 3 rings (SSSR count). The third kappa shape index (κ3) is 4.00. The highest BCUT2D eigenvalue weighted by molar-refractivity contribution is 9.10. The quantitative estimate of drug-likeness (QED) is 0.811. The van der Waals surface area contributed by atoms with E-state index in [9.17, 15) is 4.79 Å². The molecular weight excluding hydrogens is 390 g/mol. The molecule has 0 aliphatic carbocycles. The topological polar surface area (TPSA) is 38.3 Å². The van der Waals surface area contributed by atoms with Crippen LogP contribution in [0, 0.1) is 0 Å². The molecule has 2 aromatic rings. The maximum Gasteiger partial charge on any atom is 0.225 e. The van der Waals surface area contributed by atoms with Crippen LogP contribution in [0.4, 0.5) is 0 Å². The van der Waals surface area contributed by atoms with Crippen LogP contribution in [0.3, 0.4) is 0 Å². The van der Waals surface area contributed by atoms with Crippen molar-refractivity contribution in [1.82, 2.24) is 5.32 Å². The summed E-state index contributed by atoms with van der Waals surface area (Å²) < 4.78 is 6.52. The summed E-state index contributed by atoms with van der Waals surface area (Å²) >= 11 is 9.70. The minimum Gasteiger partial charge on any atom is -0.381 e. The highest BCUT2D eigenvalue weighted by Crippen LogP contribution is 2.33. The van der Waals surface area contributed by atoms with Gasteiger partial charge in [-0.25, -0.2) is 0 Å². The molecule has 0 atom stereocenters. The molecule has 1 amide bonds. The first-order valence-electron chi connectivity index (χ1n) is 7.97. The second-order valence-electron chi connectivity index (χ2n) is 6.02. The van der Waals surface area contributed by atoms with Crippen molar-refractivity contribution in [1.29, 1.82) is 0 Å². The van der Waals surface area contributed by atoms with Crippen LogP contribution < -0.4 is 5.32 Å². The number of hydrogen-bond acceptors (Lipinski definition) is 2. The molecule has 1 N–H and O–H groups in total. The molecule has 0 aromatic heterocycles. The predicted octanol–water partition coefficient (Wildman–Crippen LogP) is 4.47. The van der Waals surface area contributed by atoms with Gasteiger partial charge in [-0.15, -0.1) is 0 Å². The Bertz CT molecular complexity index is 729. The Morgan fingerprint density at radius 3 is 2.62 bits per heavy atom. The van der Waals surface area contributed by atoms with Crippen molar-refractivity contribution < 1.29 is 9.53 Å². The highest BCUT2D eigenvalue weighted by atomic mass is 79.9. The number of ether oxygens (including phenoxy) is 1. The summed E-state index contributed by atoms with van der Waals surface area (Å²) in [6.45, 7) is 1.28. The van der Waals surface area contributed by atoms with E-state index in [-0.39, 0.29) is 17.9 Å². The smallest absolute Gasteiger partial charge is 0.225 e. The molecule has 0 saturated carbocycles. The molecule has 1 aliphatic rings. The number of carbonyl (C=O) groups excluding carboxylic acids is 1. The zero-order valence-electron chi connectivity index (χ0n) is 13.2. The summed E-state index contributed by atoms with van der Waals surface area (Å²) in [5, 5.41) is 3.87. The first-order valence-corrected chi connectivity index (χ1v) is 9.14. The number of carbonyl (C=O) groups is 1. The monoisotopic (exact) mass is 407 g/mol. The molecule has 1 aliphatic heterocycles. The van der Waals surface area contributed by atoms with Gasteiger partial charge in [-0.2, -0.15) is 0 Å². The van der Waals surface area contributed by atoms with Gasteiger partial charge in [-0.1, -0.05) is 57.9 Å².